The molecule has 0 bridgehead atoms. The van der Waals surface area contributed by atoms with E-state index < -0.39 is 0 Å². The fourth-order valence-electron chi connectivity index (χ4n) is 3.61. The molecule has 14 heavy (non-hydrogen) atoms. The fraction of sp³-hybridized carbons (Fsp3) is 1.00. The minimum Gasteiger partial charge on any atom is -0.330 e. The van der Waals surface area contributed by atoms with Crippen molar-refractivity contribution < 1.29 is 0 Å². The Labute approximate surface area is 86.8 Å². The normalized spacial score (nSPS) is 40.9. The van der Waals surface area contributed by atoms with Crippen molar-refractivity contribution in [3.05, 3.63) is 0 Å². The minimum atomic E-state index is 0.793. The van der Waals surface area contributed by atoms with Crippen molar-refractivity contribution in [2.24, 2.45) is 17.1 Å². The second-order valence-corrected chi connectivity index (χ2v) is 5.71. The van der Waals surface area contributed by atoms with Crippen molar-refractivity contribution in [3.63, 3.8) is 0 Å². The van der Waals surface area contributed by atoms with Crippen LogP contribution in [0.25, 0.3) is 0 Å². The summed E-state index contributed by atoms with van der Waals surface area (Å²) in [7, 11) is 0. The van der Waals surface area contributed by atoms with Crippen LogP contribution in [-0.2, 0) is 0 Å². The van der Waals surface area contributed by atoms with Gasteiger partial charge in [-0.1, -0.05) is 6.42 Å². The van der Waals surface area contributed by atoms with Crippen molar-refractivity contribution in [3.8, 4) is 0 Å². The van der Waals surface area contributed by atoms with Gasteiger partial charge in [0, 0.05) is 12.6 Å². The molecule has 1 saturated heterocycles. The Bertz CT molecular complexity index is 222. The van der Waals surface area contributed by atoms with E-state index in [2.05, 4.69) is 4.90 Å². The van der Waals surface area contributed by atoms with E-state index in [9.17, 15) is 0 Å². The van der Waals surface area contributed by atoms with Gasteiger partial charge >= 0.3 is 0 Å². The predicted molar refractivity (Wildman–Crippen MR) is 58.0 cm³/mol. The van der Waals surface area contributed by atoms with Crippen molar-refractivity contribution in [2.45, 2.75) is 44.6 Å². The monoisotopic (exact) mass is 194 g/mol. The molecule has 1 heterocycles. The van der Waals surface area contributed by atoms with Crippen molar-refractivity contribution in [1.82, 2.24) is 4.90 Å². The molecule has 3 aliphatic rings. The Kier molecular flexibility index (Phi) is 2.10. The SMILES string of the molecule is NCC1CCCC1N1CCC2(CC2)C1. The zero-order valence-electron chi connectivity index (χ0n) is 9.04. The summed E-state index contributed by atoms with van der Waals surface area (Å²) < 4.78 is 0. The lowest BCUT2D eigenvalue weighted by molar-refractivity contribution is 0.191. The molecule has 1 spiro atoms. The molecular formula is C12H22N2. The highest BCUT2D eigenvalue weighted by Crippen LogP contribution is 2.53. The van der Waals surface area contributed by atoms with E-state index in [0.29, 0.717) is 0 Å². The number of hydrogen-bond acceptors (Lipinski definition) is 2. The summed E-state index contributed by atoms with van der Waals surface area (Å²) in [5, 5.41) is 0. The summed E-state index contributed by atoms with van der Waals surface area (Å²) in [4.78, 5) is 2.76. The molecule has 2 saturated carbocycles. The van der Waals surface area contributed by atoms with Crippen LogP contribution in [0.4, 0.5) is 0 Å². The van der Waals surface area contributed by atoms with Gasteiger partial charge in [-0.05, 0) is 56.5 Å². The van der Waals surface area contributed by atoms with Gasteiger partial charge < -0.3 is 5.73 Å². The Morgan fingerprint density at radius 3 is 2.71 bits per heavy atom. The molecule has 0 aromatic rings. The highest BCUT2D eigenvalue weighted by molar-refractivity contribution is 5.03. The van der Waals surface area contributed by atoms with E-state index in [0.717, 1.165) is 23.9 Å². The molecule has 3 fully saturated rings. The topological polar surface area (TPSA) is 29.3 Å². The second kappa shape index (κ2) is 3.21. The first-order valence-corrected chi connectivity index (χ1v) is 6.27. The first-order valence-electron chi connectivity index (χ1n) is 6.27. The number of nitrogens with zero attached hydrogens (tertiary/aromatic N) is 1. The molecule has 2 atom stereocenters. The van der Waals surface area contributed by atoms with Gasteiger partial charge in [0.15, 0.2) is 0 Å². The highest BCUT2D eigenvalue weighted by Gasteiger charge is 2.49. The van der Waals surface area contributed by atoms with Crippen LogP contribution in [-0.4, -0.2) is 30.6 Å². The van der Waals surface area contributed by atoms with Crippen LogP contribution in [0.3, 0.4) is 0 Å². The average molecular weight is 194 g/mol. The number of nitrogens with two attached hydrogens (primary N) is 1. The summed E-state index contributed by atoms with van der Waals surface area (Å²) in [5.41, 5.74) is 6.64. The molecule has 3 rings (SSSR count). The molecule has 2 unspecified atom stereocenters. The van der Waals surface area contributed by atoms with E-state index in [1.807, 2.05) is 0 Å². The van der Waals surface area contributed by atoms with Gasteiger partial charge in [0.25, 0.3) is 0 Å². The van der Waals surface area contributed by atoms with Crippen molar-refractivity contribution >= 4 is 0 Å². The van der Waals surface area contributed by atoms with E-state index in [1.165, 1.54) is 51.6 Å². The number of hydrogen-bond donors (Lipinski definition) is 1. The van der Waals surface area contributed by atoms with Crippen LogP contribution in [0, 0.1) is 11.3 Å². The maximum Gasteiger partial charge on any atom is 0.0136 e. The van der Waals surface area contributed by atoms with Crippen LogP contribution < -0.4 is 5.73 Å². The first-order chi connectivity index (χ1) is 6.83. The van der Waals surface area contributed by atoms with Gasteiger partial charge in [-0.15, -0.1) is 0 Å². The highest BCUT2D eigenvalue weighted by atomic mass is 15.2. The van der Waals surface area contributed by atoms with Gasteiger partial charge in [-0.3, -0.25) is 4.90 Å². The Balaban J connectivity index is 1.64. The van der Waals surface area contributed by atoms with E-state index >= 15 is 0 Å². The maximum absolute atomic E-state index is 5.85. The minimum absolute atomic E-state index is 0.793. The molecule has 0 aromatic heterocycles. The summed E-state index contributed by atoms with van der Waals surface area (Å²) in [6.45, 7) is 3.67. The lowest BCUT2D eigenvalue weighted by Crippen LogP contribution is -2.39. The third kappa shape index (κ3) is 1.40. The molecule has 1 aliphatic heterocycles. The van der Waals surface area contributed by atoms with Crippen LogP contribution >= 0.6 is 0 Å². The van der Waals surface area contributed by atoms with Gasteiger partial charge in [0.1, 0.15) is 0 Å². The maximum atomic E-state index is 5.85. The molecule has 0 aromatic carbocycles. The summed E-state index contributed by atoms with van der Waals surface area (Å²) in [6.07, 6.45) is 8.69. The Hall–Kier alpha value is -0.0800. The molecule has 0 radical (unpaired) electrons. The third-order valence-electron chi connectivity index (χ3n) is 4.82. The van der Waals surface area contributed by atoms with Gasteiger partial charge in [0.05, 0.1) is 0 Å². The molecule has 2 N–H and O–H groups in total. The number of likely N-dealkylation sites (tertiary alicyclic amines) is 1. The van der Waals surface area contributed by atoms with Gasteiger partial charge in [0.2, 0.25) is 0 Å². The lowest BCUT2D eigenvalue weighted by Gasteiger charge is -2.28. The fourth-order valence-corrected chi connectivity index (χ4v) is 3.61. The summed E-state index contributed by atoms with van der Waals surface area (Å²) >= 11 is 0. The Morgan fingerprint density at radius 2 is 2.07 bits per heavy atom. The molecule has 2 aliphatic carbocycles. The molecular weight excluding hydrogens is 172 g/mol. The van der Waals surface area contributed by atoms with Crippen molar-refractivity contribution in [2.75, 3.05) is 19.6 Å². The lowest BCUT2D eigenvalue weighted by atomic mass is 10.0. The molecule has 80 valence electrons. The van der Waals surface area contributed by atoms with E-state index in [-0.39, 0.29) is 0 Å². The van der Waals surface area contributed by atoms with E-state index in [4.69, 9.17) is 5.73 Å². The van der Waals surface area contributed by atoms with Crippen LogP contribution in [0.5, 0.6) is 0 Å². The predicted octanol–water partition coefficient (Wildman–Crippen LogP) is 1.60. The van der Waals surface area contributed by atoms with Gasteiger partial charge in [-0.25, -0.2) is 0 Å². The average Bonchev–Trinajstić information content (AvgIpc) is 2.66. The molecule has 2 nitrogen and oxygen atoms in total. The van der Waals surface area contributed by atoms with Crippen LogP contribution in [0.1, 0.15) is 38.5 Å². The zero-order valence-corrected chi connectivity index (χ0v) is 9.04. The second-order valence-electron chi connectivity index (χ2n) is 5.71. The third-order valence-corrected chi connectivity index (χ3v) is 4.82. The zero-order chi connectivity index (χ0) is 9.60. The molecule has 2 heteroatoms. The Morgan fingerprint density at radius 1 is 1.21 bits per heavy atom. The summed E-state index contributed by atoms with van der Waals surface area (Å²) in [6, 6.07) is 0.847. The smallest absolute Gasteiger partial charge is 0.0136 e. The summed E-state index contributed by atoms with van der Waals surface area (Å²) in [5.74, 6) is 0.809. The van der Waals surface area contributed by atoms with Crippen LogP contribution in [0.15, 0.2) is 0 Å². The quantitative estimate of drug-likeness (QED) is 0.723. The van der Waals surface area contributed by atoms with Crippen molar-refractivity contribution in [1.29, 1.82) is 0 Å². The first kappa shape index (κ1) is 9.17. The van der Waals surface area contributed by atoms with Crippen LogP contribution in [0.2, 0.25) is 0 Å². The largest absolute Gasteiger partial charge is 0.330 e. The number of rotatable bonds is 2. The standard InChI is InChI=1S/C12H22N2/c13-8-10-2-1-3-11(10)14-7-6-12(9-14)4-5-12/h10-11H,1-9,13H2. The van der Waals surface area contributed by atoms with E-state index in [1.54, 1.807) is 0 Å². The molecule has 0 amide bonds. The van der Waals surface area contributed by atoms with Gasteiger partial charge in [-0.2, -0.15) is 0 Å².